The van der Waals surface area contributed by atoms with E-state index < -0.39 is 35.8 Å². The van der Waals surface area contributed by atoms with E-state index in [0.717, 1.165) is 48.3 Å². The molecule has 298 valence electrons. The molecule has 8 atom stereocenters. The van der Waals surface area contributed by atoms with E-state index in [1.807, 2.05) is 0 Å². The van der Waals surface area contributed by atoms with Gasteiger partial charge in [-0.05, 0) is 97.7 Å². The maximum atomic E-state index is 10.2. The highest BCUT2D eigenvalue weighted by atomic mass is 16.4. The number of fused-ring (bicyclic) bond motifs is 5. The van der Waals surface area contributed by atoms with Gasteiger partial charge in [0.2, 0.25) is 0 Å². The van der Waals surface area contributed by atoms with Crippen LogP contribution in [0.1, 0.15) is 144 Å². The smallest absolute Gasteiger partial charge is 0.303 e. The summed E-state index contributed by atoms with van der Waals surface area (Å²) in [7, 11) is 0. The number of aliphatic hydroxyl groups is 1. The Hall–Kier alpha value is -3.48. The molecule has 13 heteroatoms. The number of hydrogen-bond acceptors (Lipinski definition) is 7. The molecule has 0 bridgehead atoms. The molecular formula is C39H64O13. The van der Waals surface area contributed by atoms with Crippen LogP contribution < -0.4 is 0 Å². The number of allylic oxidation sites excluding steroid dienone is 1. The SMILES string of the molecule is CC(C)CCC[C@@H](C)[C@H]1CC[C@H]2[C@@H]3CC=C4C[C@@H](O)CC[C@]4(C)[C@H]3CC[C@]12C.O=C(O)CCC(=O)O.O=C(O)CCC(=O)O.O=C(O)CCC(=O)O. The van der Waals surface area contributed by atoms with E-state index in [-0.39, 0.29) is 44.6 Å². The Morgan fingerprint density at radius 3 is 1.54 bits per heavy atom. The molecule has 0 heterocycles. The largest absolute Gasteiger partial charge is 0.481 e. The van der Waals surface area contributed by atoms with Gasteiger partial charge in [0.1, 0.15) is 0 Å². The third kappa shape index (κ3) is 15.2. The minimum Gasteiger partial charge on any atom is -0.481 e. The van der Waals surface area contributed by atoms with Crippen molar-refractivity contribution in [1.29, 1.82) is 0 Å². The number of hydrogen-bond donors (Lipinski definition) is 7. The van der Waals surface area contributed by atoms with Crippen LogP contribution in [0.3, 0.4) is 0 Å². The summed E-state index contributed by atoms with van der Waals surface area (Å²) in [6.07, 6.45) is 15.4. The van der Waals surface area contributed by atoms with Gasteiger partial charge in [-0.25, -0.2) is 0 Å². The predicted octanol–water partition coefficient (Wildman–Crippen LogP) is 7.20. The summed E-state index contributed by atoms with van der Waals surface area (Å²) < 4.78 is 0. The Morgan fingerprint density at radius 2 is 1.12 bits per heavy atom. The highest BCUT2D eigenvalue weighted by molar-refractivity contribution is 5.76. The topological polar surface area (TPSA) is 244 Å². The third-order valence-corrected chi connectivity index (χ3v) is 11.9. The fourth-order valence-electron chi connectivity index (χ4n) is 9.31. The number of aliphatic hydroxyl groups excluding tert-OH is 1. The molecule has 0 amide bonds. The van der Waals surface area contributed by atoms with Crippen molar-refractivity contribution >= 4 is 35.8 Å². The zero-order valence-corrected chi connectivity index (χ0v) is 31.7. The van der Waals surface area contributed by atoms with E-state index in [0.29, 0.717) is 10.8 Å². The summed E-state index contributed by atoms with van der Waals surface area (Å²) in [5.41, 5.74) is 2.60. The first-order chi connectivity index (χ1) is 24.1. The van der Waals surface area contributed by atoms with Gasteiger partial charge in [-0.15, -0.1) is 0 Å². The van der Waals surface area contributed by atoms with Crippen molar-refractivity contribution in [3.8, 4) is 0 Å². The van der Waals surface area contributed by atoms with Gasteiger partial charge in [0, 0.05) is 0 Å². The fraction of sp³-hybridized carbons (Fsp3) is 0.795. The number of aliphatic carboxylic acids is 6. The van der Waals surface area contributed by atoms with Crippen LogP contribution in [0.15, 0.2) is 11.6 Å². The second-order valence-corrected chi connectivity index (χ2v) is 16.0. The first kappa shape index (κ1) is 46.5. The van der Waals surface area contributed by atoms with Crippen LogP contribution in [0.25, 0.3) is 0 Å². The molecule has 0 radical (unpaired) electrons. The fourth-order valence-corrected chi connectivity index (χ4v) is 9.31. The minimum atomic E-state index is -1.08. The van der Waals surface area contributed by atoms with Gasteiger partial charge in [-0.3, -0.25) is 28.8 Å². The number of rotatable bonds is 14. The molecule has 0 unspecified atom stereocenters. The van der Waals surface area contributed by atoms with Crippen molar-refractivity contribution in [1.82, 2.24) is 0 Å². The molecule has 3 saturated carbocycles. The van der Waals surface area contributed by atoms with Crippen molar-refractivity contribution < 1.29 is 64.5 Å². The number of carboxylic acid groups (broad SMARTS) is 6. The average Bonchev–Trinajstić information content (AvgIpc) is 3.40. The van der Waals surface area contributed by atoms with Gasteiger partial charge >= 0.3 is 35.8 Å². The third-order valence-electron chi connectivity index (χ3n) is 11.9. The van der Waals surface area contributed by atoms with Gasteiger partial charge in [-0.2, -0.15) is 0 Å². The monoisotopic (exact) mass is 740 g/mol. The lowest BCUT2D eigenvalue weighted by molar-refractivity contribution is -0.143. The van der Waals surface area contributed by atoms with Crippen molar-refractivity contribution in [3.63, 3.8) is 0 Å². The zero-order valence-electron chi connectivity index (χ0n) is 31.7. The summed E-state index contributed by atoms with van der Waals surface area (Å²) in [6, 6.07) is 0. The Kier molecular flexibility index (Phi) is 19.6. The lowest BCUT2D eigenvalue weighted by atomic mass is 9.47. The second-order valence-electron chi connectivity index (χ2n) is 16.0. The van der Waals surface area contributed by atoms with E-state index in [2.05, 4.69) is 40.7 Å². The lowest BCUT2D eigenvalue weighted by Gasteiger charge is -2.58. The molecule has 0 aromatic heterocycles. The average molecular weight is 741 g/mol. The lowest BCUT2D eigenvalue weighted by Crippen LogP contribution is -2.50. The highest BCUT2D eigenvalue weighted by Crippen LogP contribution is 2.67. The van der Waals surface area contributed by atoms with Crippen LogP contribution in [0, 0.1) is 46.3 Å². The van der Waals surface area contributed by atoms with Gasteiger partial charge in [0.05, 0.1) is 44.6 Å². The van der Waals surface area contributed by atoms with E-state index in [4.69, 9.17) is 30.6 Å². The van der Waals surface area contributed by atoms with E-state index in [1.54, 1.807) is 5.57 Å². The zero-order chi connectivity index (χ0) is 39.8. The van der Waals surface area contributed by atoms with Crippen LogP contribution in [-0.4, -0.2) is 77.7 Å². The van der Waals surface area contributed by atoms with Crippen LogP contribution in [0.2, 0.25) is 0 Å². The number of carbonyl (C=O) groups is 6. The van der Waals surface area contributed by atoms with Gasteiger partial charge in [-0.1, -0.05) is 65.5 Å². The van der Waals surface area contributed by atoms with Gasteiger partial charge < -0.3 is 35.7 Å². The molecule has 0 saturated heterocycles. The van der Waals surface area contributed by atoms with E-state index in [9.17, 15) is 33.9 Å². The molecule has 0 spiro atoms. The first-order valence-corrected chi connectivity index (χ1v) is 18.8. The van der Waals surface area contributed by atoms with Gasteiger partial charge in [0.15, 0.2) is 0 Å². The summed E-state index contributed by atoms with van der Waals surface area (Å²) in [6.45, 7) is 12.6. The highest BCUT2D eigenvalue weighted by Gasteiger charge is 2.59. The minimum absolute atomic E-state index is 0.0766. The molecule has 0 aromatic carbocycles. The first-order valence-electron chi connectivity index (χ1n) is 18.8. The van der Waals surface area contributed by atoms with Crippen LogP contribution in [0.4, 0.5) is 0 Å². The molecule has 4 aliphatic carbocycles. The quantitative estimate of drug-likeness (QED) is 0.0873. The predicted molar refractivity (Wildman–Crippen MR) is 193 cm³/mol. The Balaban J connectivity index is 0.000000460. The molecular weight excluding hydrogens is 676 g/mol. The summed E-state index contributed by atoms with van der Waals surface area (Å²) in [4.78, 5) is 57.8. The van der Waals surface area contributed by atoms with Gasteiger partial charge in [0.25, 0.3) is 0 Å². The molecule has 0 aliphatic heterocycles. The molecule has 0 aromatic rings. The Labute approximate surface area is 307 Å². The van der Waals surface area contributed by atoms with Crippen molar-refractivity contribution in [2.24, 2.45) is 46.3 Å². The molecule has 4 aliphatic rings. The van der Waals surface area contributed by atoms with E-state index >= 15 is 0 Å². The van der Waals surface area contributed by atoms with E-state index in [1.165, 1.54) is 57.8 Å². The molecule has 4 rings (SSSR count). The van der Waals surface area contributed by atoms with Crippen LogP contribution in [-0.2, 0) is 28.8 Å². The molecule has 52 heavy (non-hydrogen) atoms. The maximum Gasteiger partial charge on any atom is 0.303 e. The molecule has 3 fully saturated rings. The van der Waals surface area contributed by atoms with Crippen LogP contribution in [0.5, 0.6) is 0 Å². The number of carboxylic acids is 6. The summed E-state index contributed by atoms with van der Waals surface area (Å²) >= 11 is 0. The van der Waals surface area contributed by atoms with Crippen LogP contribution >= 0.6 is 0 Å². The maximum absolute atomic E-state index is 10.2. The second kappa shape index (κ2) is 21.9. The van der Waals surface area contributed by atoms with Crippen molar-refractivity contribution in [2.75, 3.05) is 0 Å². The normalized spacial score (nSPS) is 29.0. The molecule has 7 N–H and O–H groups in total. The van der Waals surface area contributed by atoms with Crippen molar-refractivity contribution in [2.45, 2.75) is 150 Å². The summed E-state index contributed by atoms with van der Waals surface area (Å²) in [5.74, 6) is -1.00. The standard InChI is InChI=1S/C27H46O.3C4H6O4/c1-18(2)7-6-8-19(3)23-11-12-24-22-10-9-20-17-21(28)13-15-26(20,4)25(22)14-16-27(23,24)5;3*5-3(6)1-2-4(7)8/h9,18-19,21-25,28H,6-8,10-17H2,1-5H3;3*1-2H2,(H,5,6)(H,7,8)/t19-,21+,22+,23-,24+,25+,26+,27-;;;/m1.../s1. The summed E-state index contributed by atoms with van der Waals surface area (Å²) in [5, 5.41) is 57.6. The molecule has 13 nitrogen and oxygen atoms in total. The Bertz CT molecular complexity index is 1130. The van der Waals surface area contributed by atoms with Crippen molar-refractivity contribution in [3.05, 3.63) is 11.6 Å². The Morgan fingerprint density at radius 1 is 0.654 bits per heavy atom.